The number of hydrazone groups is 1. The molecule has 2 aromatic heterocycles. The van der Waals surface area contributed by atoms with Gasteiger partial charge in [0.1, 0.15) is 11.5 Å². The molecule has 26 heavy (non-hydrogen) atoms. The lowest BCUT2D eigenvalue weighted by Gasteiger charge is -2.07. The summed E-state index contributed by atoms with van der Waals surface area (Å²) in [6, 6.07) is 9.42. The number of aryl methyl sites for hydroxylation is 1. The molecule has 0 aliphatic carbocycles. The zero-order chi connectivity index (χ0) is 18.7. The van der Waals surface area contributed by atoms with Crippen molar-refractivity contribution in [2.45, 2.75) is 13.1 Å². The summed E-state index contributed by atoms with van der Waals surface area (Å²) < 4.78 is 43.8. The Kier molecular flexibility index (Phi) is 4.61. The SMILES string of the molecule is Cc1cc(C(=O)NN=Cc2ccc(-c3cccc(C(F)(F)F)c3)o2)n[nH]1. The number of alkyl halides is 3. The van der Waals surface area contributed by atoms with E-state index in [1.54, 1.807) is 13.0 Å². The van der Waals surface area contributed by atoms with Crippen molar-refractivity contribution in [2.75, 3.05) is 0 Å². The average Bonchev–Trinajstić information content (AvgIpc) is 3.23. The van der Waals surface area contributed by atoms with Crippen LogP contribution in [0.4, 0.5) is 13.2 Å². The number of amides is 1. The maximum absolute atomic E-state index is 12.8. The van der Waals surface area contributed by atoms with Gasteiger partial charge in [-0.3, -0.25) is 9.89 Å². The number of carbonyl (C=O) groups is 1. The van der Waals surface area contributed by atoms with Gasteiger partial charge in [0.25, 0.3) is 5.91 Å². The number of carbonyl (C=O) groups excluding carboxylic acids is 1. The Morgan fingerprint density at radius 1 is 1.27 bits per heavy atom. The van der Waals surface area contributed by atoms with Crippen molar-refractivity contribution in [1.82, 2.24) is 15.6 Å². The first-order valence-electron chi connectivity index (χ1n) is 7.46. The van der Waals surface area contributed by atoms with Gasteiger partial charge in [-0.1, -0.05) is 12.1 Å². The minimum absolute atomic E-state index is 0.184. The fourth-order valence-corrected chi connectivity index (χ4v) is 2.17. The van der Waals surface area contributed by atoms with Crippen LogP contribution in [0, 0.1) is 6.92 Å². The molecule has 0 aliphatic rings. The molecule has 0 bridgehead atoms. The lowest BCUT2D eigenvalue weighted by atomic mass is 10.1. The molecule has 0 saturated carbocycles. The molecule has 0 aliphatic heterocycles. The van der Waals surface area contributed by atoms with Crippen LogP contribution in [0.5, 0.6) is 0 Å². The Hall–Kier alpha value is -3.36. The molecular weight excluding hydrogens is 349 g/mol. The van der Waals surface area contributed by atoms with E-state index < -0.39 is 17.6 Å². The third-order valence-corrected chi connectivity index (χ3v) is 3.40. The number of nitrogens with one attached hydrogen (secondary N) is 2. The van der Waals surface area contributed by atoms with Crippen LogP contribution in [-0.2, 0) is 6.18 Å². The zero-order valence-electron chi connectivity index (χ0n) is 13.5. The zero-order valence-corrected chi connectivity index (χ0v) is 13.5. The molecule has 0 fully saturated rings. The molecule has 3 rings (SSSR count). The Labute approximate surface area is 145 Å². The van der Waals surface area contributed by atoms with Gasteiger partial charge in [0.15, 0.2) is 5.69 Å². The van der Waals surface area contributed by atoms with E-state index in [-0.39, 0.29) is 22.8 Å². The van der Waals surface area contributed by atoms with E-state index in [2.05, 4.69) is 20.7 Å². The van der Waals surface area contributed by atoms with Crippen molar-refractivity contribution in [3.05, 3.63) is 65.2 Å². The van der Waals surface area contributed by atoms with Crippen LogP contribution in [0.2, 0.25) is 0 Å². The minimum atomic E-state index is -4.43. The Bertz CT molecular complexity index is 957. The van der Waals surface area contributed by atoms with Crippen LogP contribution in [0.25, 0.3) is 11.3 Å². The number of hydrogen-bond acceptors (Lipinski definition) is 4. The summed E-state index contributed by atoms with van der Waals surface area (Å²) in [5.74, 6) is 0.0259. The van der Waals surface area contributed by atoms with Crippen molar-refractivity contribution < 1.29 is 22.4 Å². The number of hydrogen-bond donors (Lipinski definition) is 2. The van der Waals surface area contributed by atoms with Gasteiger partial charge in [0.2, 0.25) is 0 Å². The second-order valence-corrected chi connectivity index (χ2v) is 5.42. The highest BCUT2D eigenvalue weighted by Gasteiger charge is 2.30. The average molecular weight is 362 g/mol. The van der Waals surface area contributed by atoms with Crippen LogP contribution < -0.4 is 5.43 Å². The largest absolute Gasteiger partial charge is 0.455 e. The van der Waals surface area contributed by atoms with Gasteiger partial charge < -0.3 is 4.42 Å². The number of halogens is 3. The summed E-state index contributed by atoms with van der Waals surface area (Å²) in [6.45, 7) is 1.76. The maximum Gasteiger partial charge on any atom is 0.416 e. The molecule has 0 radical (unpaired) electrons. The lowest BCUT2D eigenvalue weighted by molar-refractivity contribution is -0.137. The Morgan fingerprint density at radius 3 is 2.77 bits per heavy atom. The predicted molar refractivity (Wildman–Crippen MR) is 87.5 cm³/mol. The lowest BCUT2D eigenvalue weighted by Crippen LogP contribution is -2.17. The third kappa shape index (κ3) is 4.00. The van der Waals surface area contributed by atoms with Crippen molar-refractivity contribution in [3.63, 3.8) is 0 Å². The van der Waals surface area contributed by atoms with E-state index in [4.69, 9.17) is 4.42 Å². The number of furan rings is 1. The van der Waals surface area contributed by atoms with Crippen LogP contribution in [-0.4, -0.2) is 22.3 Å². The van der Waals surface area contributed by atoms with Crippen LogP contribution in [0.15, 0.2) is 52.0 Å². The fourth-order valence-electron chi connectivity index (χ4n) is 2.17. The summed E-state index contributed by atoms with van der Waals surface area (Å²) in [7, 11) is 0. The van der Waals surface area contributed by atoms with Gasteiger partial charge in [0, 0.05) is 11.3 Å². The molecule has 1 amide bonds. The fraction of sp³-hybridized carbons (Fsp3) is 0.118. The first kappa shape index (κ1) is 17.5. The monoisotopic (exact) mass is 362 g/mol. The molecule has 9 heteroatoms. The van der Waals surface area contributed by atoms with Gasteiger partial charge in [-0.15, -0.1) is 0 Å². The Morgan fingerprint density at radius 2 is 2.08 bits per heavy atom. The first-order valence-corrected chi connectivity index (χ1v) is 7.46. The van der Waals surface area contributed by atoms with Crippen molar-refractivity contribution in [1.29, 1.82) is 0 Å². The van der Waals surface area contributed by atoms with Crippen LogP contribution >= 0.6 is 0 Å². The summed E-state index contributed by atoms with van der Waals surface area (Å²) in [4.78, 5) is 11.8. The predicted octanol–water partition coefficient (Wildman–Crippen LogP) is 3.76. The quantitative estimate of drug-likeness (QED) is 0.548. The first-order chi connectivity index (χ1) is 12.3. The molecule has 0 unspecified atom stereocenters. The molecule has 1 aromatic carbocycles. The van der Waals surface area contributed by atoms with Gasteiger partial charge in [-0.2, -0.15) is 23.4 Å². The van der Waals surface area contributed by atoms with E-state index in [1.807, 2.05) is 0 Å². The van der Waals surface area contributed by atoms with Gasteiger partial charge >= 0.3 is 6.18 Å². The molecule has 6 nitrogen and oxygen atoms in total. The summed E-state index contributed by atoms with van der Waals surface area (Å²) in [5.41, 5.74) is 2.72. The van der Waals surface area contributed by atoms with E-state index >= 15 is 0 Å². The maximum atomic E-state index is 12.8. The number of benzene rings is 1. The van der Waals surface area contributed by atoms with Crippen molar-refractivity contribution >= 4 is 12.1 Å². The molecule has 0 spiro atoms. The standard InChI is InChI=1S/C17H13F3N4O2/c1-10-7-14(23-22-10)16(25)24-21-9-13-5-6-15(26-13)11-3-2-4-12(8-11)17(18,19)20/h2-9H,1H3,(H,22,23)(H,24,25). The molecule has 0 saturated heterocycles. The van der Waals surface area contributed by atoms with E-state index in [0.717, 1.165) is 17.8 Å². The van der Waals surface area contributed by atoms with E-state index in [9.17, 15) is 18.0 Å². The van der Waals surface area contributed by atoms with Gasteiger partial charge in [-0.25, -0.2) is 5.43 Å². The molecular formula is C17H13F3N4O2. The summed E-state index contributed by atoms with van der Waals surface area (Å²) in [5, 5.41) is 10.2. The third-order valence-electron chi connectivity index (χ3n) is 3.40. The molecule has 3 aromatic rings. The summed E-state index contributed by atoms with van der Waals surface area (Å²) >= 11 is 0. The topological polar surface area (TPSA) is 83.3 Å². The molecule has 0 atom stereocenters. The number of nitrogens with zero attached hydrogens (tertiary/aromatic N) is 2. The number of aromatic nitrogens is 2. The van der Waals surface area contributed by atoms with Gasteiger partial charge in [-0.05, 0) is 37.3 Å². The van der Waals surface area contributed by atoms with Crippen LogP contribution in [0.1, 0.15) is 27.5 Å². The van der Waals surface area contributed by atoms with Crippen LogP contribution in [0.3, 0.4) is 0 Å². The highest BCUT2D eigenvalue weighted by molar-refractivity contribution is 5.93. The normalized spacial score (nSPS) is 11.8. The number of rotatable bonds is 4. The minimum Gasteiger partial charge on any atom is -0.455 e. The smallest absolute Gasteiger partial charge is 0.416 e. The Balaban J connectivity index is 1.69. The van der Waals surface area contributed by atoms with Crippen molar-refractivity contribution in [3.8, 4) is 11.3 Å². The van der Waals surface area contributed by atoms with Gasteiger partial charge in [0.05, 0.1) is 11.8 Å². The summed E-state index contributed by atoms with van der Waals surface area (Å²) in [6.07, 6.45) is -3.18. The highest BCUT2D eigenvalue weighted by Crippen LogP contribution is 2.32. The second kappa shape index (κ2) is 6.87. The number of H-pyrrole nitrogens is 1. The molecule has 134 valence electrons. The number of aromatic amines is 1. The van der Waals surface area contributed by atoms with E-state index in [1.165, 1.54) is 30.5 Å². The second-order valence-electron chi connectivity index (χ2n) is 5.42. The molecule has 2 N–H and O–H groups in total. The van der Waals surface area contributed by atoms with E-state index in [0.29, 0.717) is 0 Å². The molecule has 2 heterocycles. The highest BCUT2D eigenvalue weighted by atomic mass is 19.4. The van der Waals surface area contributed by atoms with Crippen molar-refractivity contribution in [2.24, 2.45) is 5.10 Å².